The average molecular weight is 310 g/mol. The van der Waals surface area contributed by atoms with Gasteiger partial charge in [0, 0.05) is 13.1 Å². The van der Waals surface area contributed by atoms with Gasteiger partial charge in [-0.2, -0.15) is 0 Å². The van der Waals surface area contributed by atoms with Gasteiger partial charge in [0.05, 0.1) is 10.9 Å². The van der Waals surface area contributed by atoms with Crippen molar-refractivity contribution in [1.82, 2.24) is 9.62 Å². The number of benzene rings is 1. The number of likely N-dealkylation sites (tertiary alicyclic amines) is 1. The molecular formula is C14H22N4O2S. The summed E-state index contributed by atoms with van der Waals surface area (Å²) in [5, 5.41) is 7.25. The van der Waals surface area contributed by atoms with Gasteiger partial charge in [0.1, 0.15) is 0 Å². The van der Waals surface area contributed by atoms with Gasteiger partial charge in [-0.15, -0.1) is 0 Å². The summed E-state index contributed by atoms with van der Waals surface area (Å²) in [5.41, 5.74) is 6.41. The lowest BCUT2D eigenvalue weighted by Gasteiger charge is -2.39. The Labute approximate surface area is 125 Å². The first-order valence-corrected chi connectivity index (χ1v) is 8.30. The summed E-state index contributed by atoms with van der Waals surface area (Å²) < 4.78 is 27.1. The number of nitrogens with two attached hydrogens (primary N) is 1. The van der Waals surface area contributed by atoms with E-state index in [1.807, 2.05) is 12.1 Å². The standard InChI is InChI=1S/C14H22N4O2S/c1-14(2,3)10-4-6-12(7-5-10)21(19,20)17-11-8-18(9-11)13(15)16/h4-7,11,17H,8-9H2,1-3H3,(H3,15,16). The van der Waals surface area contributed by atoms with E-state index in [-0.39, 0.29) is 22.3 Å². The van der Waals surface area contributed by atoms with E-state index in [1.165, 1.54) is 0 Å². The Balaban J connectivity index is 2.05. The molecule has 1 aliphatic heterocycles. The molecule has 0 spiro atoms. The number of sulfonamides is 1. The van der Waals surface area contributed by atoms with Gasteiger partial charge in [-0.25, -0.2) is 13.1 Å². The molecule has 0 atom stereocenters. The van der Waals surface area contributed by atoms with Gasteiger partial charge in [-0.05, 0) is 23.1 Å². The highest BCUT2D eigenvalue weighted by Gasteiger charge is 2.31. The molecule has 6 nitrogen and oxygen atoms in total. The number of hydrogen-bond donors (Lipinski definition) is 3. The fourth-order valence-electron chi connectivity index (χ4n) is 2.17. The zero-order chi connectivity index (χ0) is 15.8. The largest absolute Gasteiger partial charge is 0.370 e. The third-order valence-electron chi connectivity index (χ3n) is 3.57. The fourth-order valence-corrected chi connectivity index (χ4v) is 3.39. The van der Waals surface area contributed by atoms with Gasteiger partial charge < -0.3 is 10.6 Å². The van der Waals surface area contributed by atoms with Gasteiger partial charge >= 0.3 is 0 Å². The first-order valence-electron chi connectivity index (χ1n) is 6.81. The van der Waals surface area contributed by atoms with E-state index in [0.717, 1.165) is 5.56 Å². The van der Waals surface area contributed by atoms with Crippen molar-refractivity contribution in [3.05, 3.63) is 29.8 Å². The SMILES string of the molecule is CC(C)(C)c1ccc(S(=O)(=O)NC2CN(C(=N)N)C2)cc1. The normalized spacial score (nSPS) is 16.6. The molecule has 1 heterocycles. The molecule has 4 N–H and O–H groups in total. The average Bonchev–Trinajstić information content (AvgIpc) is 2.32. The molecule has 0 bridgehead atoms. The van der Waals surface area contributed by atoms with E-state index in [1.54, 1.807) is 17.0 Å². The molecule has 1 saturated heterocycles. The van der Waals surface area contributed by atoms with Gasteiger partial charge in [0.2, 0.25) is 10.0 Å². The first kappa shape index (κ1) is 15.8. The lowest BCUT2D eigenvalue weighted by molar-refractivity contribution is 0.234. The Morgan fingerprint density at radius 3 is 2.24 bits per heavy atom. The summed E-state index contributed by atoms with van der Waals surface area (Å²) >= 11 is 0. The molecule has 0 saturated carbocycles. The Kier molecular flexibility index (Phi) is 3.99. The number of guanidine groups is 1. The van der Waals surface area contributed by atoms with Crippen molar-refractivity contribution in [2.75, 3.05) is 13.1 Å². The smallest absolute Gasteiger partial charge is 0.240 e. The van der Waals surface area contributed by atoms with Crippen molar-refractivity contribution < 1.29 is 8.42 Å². The highest BCUT2D eigenvalue weighted by atomic mass is 32.2. The molecule has 1 aliphatic rings. The third kappa shape index (κ3) is 3.54. The van der Waals surface area contributed by atoms with Crippen LogP contribution in [-0.4, -0.2) is 38.4 Å². The van der Waals surface area contributed by atoms with E-state index in [2.05, 4.69) is 25.5 Å². The van der Waals surface area contributed by atoms with Crippen molar-refractivity contribution in [3.63, 3.8) is 0 Å². The molecule has 7 heteroatoms. The van der Waals surface area contributed by atoms with E-state index in [9.17, 15) is 8.42 Å². The Morgan fingerprint density at radius 2 is 1.81 bits per heavy atom. The predicted molar refractivity (Wildman–Crippen MR) is 82.7 cm³/mol. The number of rotatable bonds is 3. The van der Waals surface area contributed by atoms with Crippen LogP contribution in [0.5, 0.6) is 0 Å². The van der Waals surface area contributed by atoms with Gasteiger partial charge in [0.25, 0.3) is 0 Å². The summed E-state index contributed by atoms with van der Waals surface area (Å²) in [6.07, 6.45) is 0. The second-order valence-corrected chi connectivity index (χ2v) is 8.10. The lowest BCUT2D eigenvalue weighted by atomic mass is 9.87. The van der Waals surface area contributed by atoms with Crippen molar-refractivity contribution in [2.24, 2.45) is 5.73 Å². The van der Waals surface area contributed by atoms with Crippen LogP contribution in [0.3, 0.4) is 0 Å². The van der Waals surface area contributed by atoms with Crippen molar-refractivity contribution in [1.29, 1.82) is 5.41 Å². The molecule has 0 unspecified atom stereocenters. The van der Waals surface area contributed by atoms with Crippen LogP contribution in [0.25, 0.3) is 0 Å². The Morgan fingerprint density at radius 1 is 1.29 bits per heavy atom. The quantitative estimate of drug-likeness (QED) is 0.569. The van der Waals surface area contributed by atoms with Crippen LogP contribution >= 0.6 is 0 Å². The molecule has 0 radical (unpaired) electrons. The zero-order valence-electron chi connectivity index (χ0n) is 12.6. The number of nitrogens with one attached hydrogen (secondary N) is 2. The van der Waals surface area contributed by atoms with Crippen molar-refractivity contribution >= 4 is 16.0 Å². The highest BCUT2D eigenvalue weighted by Crippen LogP contribution is 2.23. The Bertz CT molecular complexity index is 626. The van der Waals surface area contributed by atoms with Crippen molar-refractivity contribution in [2.45, 2.75) is 37.1 Å². The molecule has 116 valence electrons. The zero-order valence-corrected chi connectivity index (χ0v) is 13.4. The lowest BCUT2D eigenvalue weighted by Crippen LogP contribution is -2.62. The van der Waals surface area contributed by atoms with E-state index in [4.69, 9.17) is 11.1 Å². The number of nitrogens with zero attached hydrogens (tertiary/aromatic N) is 1. The maximum absolute atomic E-state index is 12.3. The van der Waals surface area contributed by atoms with Gasteiger partial charge in [-0.1, -0.05) is 32.9 Å². The van der Waals surface area contributed by atoms with Crippen LogP contribution in [0.1, 0.15) is 26.3 Å². The van der Waals surface area contributed by atoms with Gasteiger partial charge in [0.15, 0.2) is 5.96 Å². The van der Waals surface area contributed by atoms with Crippen LogP contribution in [0.4, 0.5) is 0 Å². The van der Waals surface area contributed by atoms with Crippen LogP contribution in [0.2, 0.25) is 0 Å². The second kappa shape index (κ2) is 5.31. The highest BCUT2D eigenvalue weighted by molar-refractivity contribution is 7.89. The molecule has 1 aromatic carbocycles. The molecule has 0 amide bonds. The minimum absolute atomic E-state index is 0.00825. The van der Waals surface area contributed by atoms with Crippen molar-refractivity contribution in [3.8, 4) is 0 Å². The maximum Gasteiger partial charge on any atom is 0.240 e. The molecule has 1 aromatic rings. The number of hydrogen-bond acceptors (Lipinski definition) is 3. The maximum atomic E-state index is 12.3. The minimum Gasteiger partial charge on any atom is -0.370 e. The summed E-state index contributed by atoms with van der Waals surface area (Å²) in [4.78, 5) is 1.87. The van der Waals surface area contributed by atoms with Crippen LogP contribution < -0.4 is 10.5 Å². The molecule has 0 aromatic heterocycles. The van der Waals surface area contributed by atoms with E-state index >= 15 is 0 Å². The van der Waals surface area contributed by atoms with E-state index < -0.39 is 10.0 Å². The molecule has 21 heavy (non-hydrogen) atoms. The summed E-state index contributed by atoms with van der Waals surface area (Å²) in [5.74, 6) is -0.0278. The molecule has 2 rings (SSSR count). The molecule has 0 aliphatic carbocycles. The Hall–Kier alpha value is -1.60. The monoisotopic (exact) mass is 310 g/mol. The second-order valence-electron chi connectivity index (χ2n) is 6.38. The topological polar surface area (TPSA) is 99.3 Å². The first-order chi connectivity index (χ1) is 9.59. The molecular weight excluding hydrogens is 288 g/mol. The predicted octanol–water partition coefficient (Wildman–Crippen LogP) is 0.840. The minimum atomic E-state index is -3.52. The van der Waals surface area contributed by atoms with Gasteiger partial charge in [-0.3, -0.25) is 5.41 Å². The fraction of sp³-hybridized carbons (Fsp3) is 0.500. The van der Waals surface area contributed by atoms with Crippen LogP contribution in [-0.2, 0) is 15.4 Å². The van der Waals surface area contributed by atoms with Crippen LogP contribution in [0, 0.1) is 5.41 Å². The summed E-state index contributed by atoms with van der Waals surface area (Å²) in [7, 11) is -3.52. The third-order valence-corrected chi connectivity index (χ3v) is 5.11. The summed E-state index contributed by atoms with van der Waals surface area (Å²) in [6, 6.07) is 6.75. The summed E-state index contributed by atoms with van der Waals surface area (Å²) in [6.45, 7) is 7.13. The van der Waals surface area contributed by atoms with Crippen LogP contribution in [0.15, 0.2) is 29.2 Å². The van der Waals surface area contributed by atoms with E-state index in [0.29, 0.717) is 13.1 Å². The molecule has 1 fully saturated rings.